The van der Waals surface area contributed by atoms with Crippen LogP contribution in [-0.4, -0.2) is 143 Å². The van der Waals surface area contributed by atoms with Gasteiger partial charge in [-0.3, -0.25) is 27.7 Å². The number of amides is 4. The molecule has 0 saturated carbocycles. The van der Waals surface area contributed by atoms with Crippen molar-refractivity contribution >= 4 is 45.8 Å². The molecule has 6 N–H and O–H groups in total. The number of rotatable bonds is 82. The second kappa shape index (κ2) is 83.8. The molecular weight excluding hydrogens is 1440 g/mol. The molecule has 0 rings (SSSR count). The van der Waals surface area contributed by atoms with E-state index >= 15 is 0 Å². The first-order valence-electron chi connectivity index (χ1n) is 43.2. The van der Waals surface area contributed by atoms with E-state index in [0.717, 1.165) is 141 Å². The van der Waals surface area contributed by atoms with Crippen molar-refractivity contribution in [3.05, 3.63) is 0 Å². The smallest absolute Gasteiger partial charge is 1.00 e. The topological polar surface area (TPSA) is 300 Å². The summed E-state index contributed by atoms with van der Waals surface area (Å²) < 4.78 is 82.2. The van der Waals surface area contributed by atoms with Crippen LogP contribution in [0, 0.1) is 0 Å². The number of hydrogen-bond donors (Lipinski definition) is 6. The Balaban J connectivity index is -0.00000919. The first kappa shape index (κ1) is 111. The molecule has 0 spiro atoms. The maximum absolute atomic E-state index is 13.1. The summed E-state index contributed by atoms with van der Waals surface area (Å²) in [5, 5.41) is 10.3. The van der Waals surface area contributed by atoms with Gasteiger partial charge in [0.25, 0.3) is 0 Å². The number of alkyl carbamates (subject to hydrolysis) is 2. The van der Waals surface area contributed by atoms with Gasteiger partial charge >= 0.3 is 105 Å². The Hall–Kier alpha value is -1.11. The molecule has 4 amide bonds. The fourth-order valence-corrected chi connectivity index (χ4v) is 13.9. The van der Waals surface area contributed by atoms with Gasteiger partial charge in [0.15, 0.2) is 0 Å². The van der Waals surface area contributed by atoms with Gasteiger partial charge in [-0.2, -0.15) is 0 Å². The molecule has 108 heavy (non-hydrogen) atoms. The number of nitrogens with one attached hydrogen (secondary N) is 4. The predicted octanol–water partition coefficient (Wildman–Crippen LogP) is 16.0. The number of phosphoric ester groups is 2. The summed E-state index contributed by atoms with van der Waals surface area (Å²) in [4.78, 5) is 86.2. The van der Waals surface area contributed by atoms with E-state index in [9.17, 15) is 42.9 Å². The van der Waals surface area contributed by atoms with Gasteiger partial charge in [0.05, 0.1) is 78.2 Å². The van der Waals surface area contributed by atoms with Gasteiger partial charge in [0.1, 0.15) is 12.2 Å². The van der Waals surface area contributed by atoms with Crippen molar-refractivity contribution in [2.45, 2.75) is 413 Å². The van der Waals surface area contributed by atoms with Crippen LogP contribution in [0.25, 0.3) is 0 Å². The molecule has 27 heteroatoms. The van der Waals surface area contributed by atoms with Crippen LogP contribution in [0.15, 0.2) is 0 Å². The molecule has 0 saturated heterocycles. The first-order valence-corrected chi connectivity index (χ1v) is 46.2. The first-order chi connectivity index (χ1) is 51.5. The number of urea groups is 1. The van der Waals surface area contributed by atoms with Crippen molar-refractivity contribution < 1.29 is 151 Å². The molecule has 2 unspecified atom stereocenters. The normalized spacial score (nSPS) is 13.6. The number of carbonyl (C=O) groups excluding carboxylic acids is 5. The Kier molecular flexibility index (Phi) is 86.2. The summed E-state index contributed by atoms with van der Waals surface area (Å²) in [5.41, 5.74) is 0. The van der Waals surface area contributed by atoms with Gasteiger partial charge in [-0.05, 0) is 51.4 Å². The monoisotopic (exact) mass is 1600 g/mol. The number of ether oxygens (including phenoxy) is 6. The van der Waals surface area contributed by atoms with Gasteiger partial charge in [0, 0.05) is 38.8 Å². The van der Waals surface area contributed by atoms with Crippen molar-refractivity contribution in [2.24, 2.45) is 0 Å². The zero-order valence-electron chi connectivity index (χ0n) is 72.2. The summed E-state index contributed by atoms with van der Waals surface area (Å²) >= 11 is 0. The third kappa shape index (κ3) is 80.1. The molecule has 0 aliphatic heterocycles. The van der Waals surface area contributed by atoms with E-state index in [2.05, 4.69) is 62.8 Å². The third-order valence-electron chi connectivity index (χ3n) is 18.9. The molecule has 0 aliphatic rings. The largest absolute Gasteiger partial charge is 1.00 e. The molecule has 0 heterocycles. The summed E-state index contributed by atoms with van der Waals surface area (Å²) in [6.45, 7) is 11.4. The van der Waals surface area contributed by atoms with E-state index in [-0.39, 0.29) is 139 Å². The molecule has 0 radical (unpaired) electrons. The molecule has 0 aliphatic carbocycles. The van der Waals surface area contributed by atoms with Gasteiger partial charge in [-0.15, -0.1) is 0 Å². The van der Waals surface area contributed by atoms with Crippen LogP contribution in [0.3, 0.4) is 0 Å². The second-order valence-corrected chi connectivity index (χ2v) is 32.1. The average molecular weight is 1600 g/mol. The minimum Gasteiger partial charge on any atom is -1.00 e. The van der Waals surface area contributed by atoms with Crippen molar-refractivity contribution in [1.29, 1.82) is 0 Å². The molecule has 23 nitrogen and oxygen atoms in total. The van der Waals surface area contributed by atoms with Crippen LogP contribution in [0.2, 0.25) is 0 Å². The maximum atomic E-state index is 13.1. The molecule has 0 aromatic heterocycles. The number of unbranched alkanes of at least 4 members (excludes halogenated alkanes) is 42. The number of phosphoric acid groups is 2. The van der Waals surface area contributed by atoms with E-state index in [1.54, 1.807) is 0 Å². The maximum Gasteiger partial charge on any atom is 1.00 e. The van der Waals surface area contributed by atoms with E-state index in [1.807, 2.05) is 0 Å². The summed E-state index contributed by atoms with van der Waals surface area (Å²) in [5.74, 6) is -0.425. The fraction of sp³-hybridized carbons (Fsp3) is 0.938. The van der Waals surface area contributed by atoms with Crippen LogP contribution in [0.4, 0.5) is 14.4 Å². The predicted molar refractivity (Wildman–Crippen MR) is 428 cm³/mol. The van der Waals surface area contributed by atoms with Gasteiger partial charge in [-0.25, -0.2) is 23.5 Å². The summed E-state index contributed by atoms with van der Waals surface area (Å²) in [6.07, 6.45) is 54.7. The molecule has 632 valence electrons. The summed E-state index contributed by atoms with van der Waals surface area (Å²) in [7, 11) is -9.50. The SMILES string of the molecule is CCCCCCCCCCCCOC(=O)N[C@H](COCC[C@@H](CCCCCCC)OC(=O)CCCCCCCCCCC)COP(=O)(O)OCCNC(=O)NCCOP(=O)(O)OC[C@@H](COCC[C@@H](CCCCCCC)OC(=O)CCCCCCCCCCC)NC(=O)OCCCCCCCCCCCC.[H-].[H-].[Na+].[Na+]. The van der Waals surface area contributed by atoms with Crippen molar-refractivity contribution in [1.82, 2.24) is 21.3 Å². The zero-order valence-corrected chi connectivity index (χ0v) is 76.0. The van der Waals surface area contributed by atoms with Gasteiger partial charge < -0.3 is 62.3 Å². The Bertz CT molecular complexity index is 2000. The molecule has 0 fully saturated rings. The molecular formula is C81H162N4Na2O19P2. The van der Waals surface area contributed by atoms with E-state index in [4.69, 9.17) is 46.5 Å². The minimum absolute atomic E-state index is 0. The molecule has 6 atom stereocenters. The molecule has 0 bridgehead atoms. The zero-order chi connectivity index (χ0) is 77.8. The van der Waals surface area contributed by atoms with Crippen LogP contribution < -0.4 is 80.4 Å². The van der Waals surface area contributed by atoms with Gasteiger partial charge in [-0.1, -0.05) is 311 Å². The third-order valence-corrected chi connectivity index (χ3v) is 20.9. The molecule has 0 aromatic carbocycles. The number of esters is 2. The minimum atomic E-state index is -4.75. The standard InChI is InChI=1S/C81H160N4O19P2.2Na.2H/c1-7-13-19-25-29-33-37-41-47-53-63-97-80(89)84-73(69-95-65-59-75(55-49-43-23-17-11-5)103-77(86)57-51-45-39-35-31-27-21-15-9-3)71-101-105(91,92)99-67-61-82-79(88)83-62-68-100-106(93,94)102-72-74(85-81(90)98-64-54-48-42-38-34-30-26-20-14-8-2)70-96-66-60-76(56-50-44-24-18-12-6)104-78(87)58-52-46-40-36-32-28-22-16-10-4;;;;/h73-76H,7-72H2,1-6H3,(H,84,89)(H,85,90)(H,91,92)(H,93,94)(H2,82,83,88);;;;/q;2*+1;2*-1/t73-,74-,75-,76-;;;;/m1..../s1. The number of hydrogen-bond acceptors (Lipinski definition) is 17. The van der Waals surface area contributed by atoms with E-state index in [1.165, 1.54) is 154 Å². The average Bonchev–Trinajstić information content (AvgIpc) is 0.913. The fourth-order valence-electron chi connectivity index (χ4n) is 12.4. The van der Waals surface area contributed by atoms with Crippen molar-refractivity contribution in [3.8, 4) is 0 Å². The van der Waals surface area contributed by atoms with Gasteiger partial charge in [0.2, 0.25) is 0 Å². The molecule has 0 aromatic rings. The van der Waals surface area contributed by atoms with Crippen LogP contribution in [0.5, 0.6) is 0 Å². The van der Waals surface area contributed by atoms with Crippen molar-refractivity contribution in [3.63, 3.8) is 0 Å². The Labute approximate surface area is 705 Å². The number of carbonyl (C=O) groups is 5. The van der Waals surface area contributed by atoms with Crippen LogP contribution >= 0.6 is 15.6 Å². The van der Waals surface area contributed by atoms with E-state index < -0.39 is 72.4 Å². The van der Waals surface area contributed by atoms with Crippen LogP contribution in [-0.2, 0) is 65.2 Å². The quantitative estimate of drug-likeness (QED) is 0.0108. The van der Waals surface area contributed by atoms with Crippen LogP contribution in [0.1, 0.15) is 391 Å². The second-order valence-electron chi connectivity index (χ2n) is 29.2. The Morgan fingerprint density at radius 3 is 0.861 bits per heavy atom. The summed E-state index contributed by atoms with van der Waals surface area (Å²) in [6, 6.07) is -2.61. The van der Waals surface area contributed by atoms with Crippen molar-refractivity contribution in [2.75, 3.05) is 79.2 Å². The van der Waals surface area contributed by atoms with E-state index in [0.29, 0.717) is 51.4 Å². The Morgan fingerprint density at radius 2 is 0.574 bits per heavy atom. The Morgan fingerprint density at radius 1 is 0.315 bits per heavy atom.